The molecule has 0 saturated heterocycles. The number of carbonyl (C=O) groups excluding carboxylic acids is 2. The molecule has 2 amide bonds. The van der Waals surface area contributed by atoms with Crippen molar-refractivity contribution in [1.29, 1.82) is 0 Å². The van der Waals surface area contributed by atoms with Gasteiger partial charge >= 0.3 is 0 Å². The number of rotatable bonds is 6. The molecule has 1 aromatic heterocycles. The van der Waals surface area contributed by atoms with Crippen molar-refractivity contribution in [3.63, 3.8) is 0 Å². The van der Waals surface area contributed by atoms with Gasteiger partial charge in [-0.1, -0.05) is 55.0 Å². The second-order valence-corrected chi connectivity index (χ2v) is 8.15. The van der Waals surface area contributed by atoms with Gasteiger partial charge in [0.1, 0.15) is 11.9 Å². The van der Waals surface area contributed by atoms with E-state index in [0.29, 0.717) is 22.7 Å². The first-order valence-corrected chi connectivity index (χ1v) is 10.9. The summed E-state index contributed by atoms with van der Waals surface area (Å²) in [5, 5.41) is 5.82. The molecule has 1 atom stereocenters. The SMILES string of the molecule is O=C(NC(C(=O)Nc1ccc2nc(C3CCC3)[nH]c2c1)c1ccccc1)c1ccccc1. The van der Waals surface area contributed by atoms with Gasteiger partial charge in [-0.05, 0) is 48.7 Å². The number of nitrogens with one attached hydrogen (secondary N) is 3. The Morgan fingerprint density at radius 2 is 1.66 bits per heavy atom. The molecule has 1 heterocycles. The number of aromatic amines is 1. The van der Waals surface area contributed by atoms with Crippen molar-refractivity contribution in [3.8, 4) is 0 Å². The van der Waals surface area contributed by atoms with Crippen molar-refractivity contribution in [2.75, 3.05) is 5.32 Å². The van der Waals surface area contributed by atoms with Crippen LogP contribution in [0.2, 0.25) is 0 Å². The zero-order valence-corrected chi connectivity index (χ0v) is 17.5. The van der Waals surface area contributed by atoms with Crippen molar-refractivity contribution in [1.82, 2.24) is 15.3 Å². The lowest BCUT2D eigenvalue weighted by molar-refractivity contribution is -0.118. The van der Waals surface area contributed by atoms with E-state index >= 15 is 0 Å². The van der Waals surface area contributed by atoms with Crippen LogP contribution in [0, 0.1) is 0 Å². The molecule has 0 radical (unpaired) electrons. The van der Waals surface area contributed by atoms with Crippen LogP contribution in [0.15, 0.2) is 78.9 Å². The molecule has 1 saturated carbocycles. The van der Waals surface area contributed by atoms with Gasteiger partial charge in [0, 0.05) is 17.2 Å². The average Bonchev–Trinajstić information content (AvgIpc) is 3.19. The van der Waals surface area contributed by atoms with Gasteiger partial charge in [-0.3, -0.25) is 9.59 Å². The molecule has 0 bridgehead atoms. The number of amides is 2. The first-order valence-electron chi connectivity index (χ1n) is 10.9. The van der Waals surface area contributed by atoms with Gasteiger partial charge in [0.15, 0.2) is 0 Å². The summed E-state index contributed by atoms with van der Waals surface area (Å²) in [6.07, 6.45) is 3.59. The van der Waals surface area contributed by atoms with E-state index in [4.69, 9.17) is 0 Å². The average molecular weight is 425 g/mol. The second-order valence-electron chi connectivity index (χ2n) is 8.15. The molecule has 3 N–H and O–H groups in total. The van der Waals surface area contributed by atoms with Crippen LogP contribution in [0.25, 0.3) is 11.0 Å². The monoisotopic (exact) mass is 424 g/mol. The van der Waals surface area contributed by atoms with E-state index in [1.54, 1.807) is 24.3 Å². The maximum absolute atomic E-state index is 13.2. The highest BCUT2D eigenvalue weighted by Gasteiger charge is 2.25. The van der Waals surface area contributed by atoms with Gasteiger partial charge in [0.2, 0.25) is 0 Å². The highest BCUT2D eigenvalue weighted by atomic mass is 16.2. The molecule has 5 rings (SSSR count). The lowest BCUT2D eigenvalue weighted by Gasteiger charge is -2.22. The molecule has 1 fully saturated rings. The number of fused-ring (bicyclic) bond motifs is 1. The maximum Gasteiger partial charge on any atom is 0.252 e. The summed E-state index contributed by atoms with van der Waals surface area (Å²) >= 11 is 0. The van der Waals surface area contributed by atoms with Crippen molar-refractivity contribution in [3.05, 3.63) is 95.8 Å². The standard InChI is InChI=1S/C26H24N4O2/c31-25(19-10-5-2-6-11-19)30-23(17-8-3-1-4-9-17)26(32)27-20-14-15-21-22(16-20)29-24(28-21)18-12-7-13-18/h1-6,8-11,14-16,18,23H,7,12-13H2,(H,27,32)(H,28,29)(H,30,31). The van der Waals surface area contributed by atoms with Crippen molar-refractivity contribution >= 4 is 28.5 Å². The minimum atomic E-state index is -0.827. The Hall–Kier alpha value is -3.93. The number of H-pyrrole nitrogens is 1. The predicted octanol–water partition coefficient (Wildman–Crippen LogP) is 4.94. The molecule has 160 valence electrons. The van der Waals surface area contributed by atoms with Gasteiger partial charge in [0.25, 0.3) is 11.8 Å². The molecule has 3 aromatic carbocycles. The summed E-state index contributed by atoms with van der Waals surface area (Å²) in [7, 11) is 0. The van der Waals surface area contributed by atoms with Crippen molar-refractivity contribution < 1.29 is 9.59 Å². The molecule has 1 aliphatic carbocycles. The molecule has 4 aromatic rings. The minimum Gasteiger partial charge on any atom is -0.342 e. The number of nitrogens with zero attached hydrogens (tertiary/aromatic N) is 1. The lowest BCUT2D eigenvalue weighted by Crippen LogP contribution is -2.37. The second kappa shape index (κ2) is 8.67. The van der Waals surface area contributed by atoms with E-state index in [9.17, 15) is 9.59 Å². The van der Waals surface area contributed by atoms with Crippen molar-refractivity contribution in [2.45, 2.75) is 31.2 Å². The van der Waals surface area contributed by atoms with Gasteiger partial charge in [-0.2, -0.15) is 0 Å². The summed E-state index contributed by atoms with van der Waals surface area (Å²) in [5.41, 5.74) is 3.66. The number of aromatic nitrogens is 2. The molecule has 0 aliphatic heterocycles. The fourth-order valence-corrected chi connectivity index (χ4v) is 3.95. The smallest absolute Gasteiger partial charge is 0.252 e. The van der Waals surface area contributed by atoms with Crippen LogP contribution in [0.3, 0.4) is 0 Å². The Labute approximate surface area is 186 Å². The normalized spacial score (nSPS) is 14.5. The van der Waals surface area contributed by atoms with Gasteiger partial charge < -0.3 is 15.6 Å². The molecule has 6 heteroatoms. The molecule has 6 nitrogen and oxygen atoms in total. The third kappa shape index (κ3) is 4.12. The molecular weight excluding hydrogens is 400 g/mol. The Morgan fingerprint density at radius 1 is 0.938 bits per heavy atom. The van der Waals surface area contributed by atoms with E-state index in [0.717, 1.165) is 16.9 Å². The number of hydrogen-bond acceptors (Lipinski definition) is 3. The number of anilines is 1. The highest BCUT2D eigenvalue weighted by Crippen LogP contribution is 2.35. The molecule has 1 unspecified atom stereocenters. The molecule has 0 spiro atoms. The van der Waals surface area contributed by atoms with Crippen LogP contribution in [-0.2, 0) is 4.79 Å². The van der Waals surface area contributed by atoms with E-state index in [-0.39, 0.29) is 11.8 Å². The van der Waals surface area contributed by atoms with Crippen LogP contribution in [-0.4, -0.2) is 21.8 Å². The van der Waals surface area contributed by atoms with Crippen LogP contribution < -0.4 is 10.6 Å². The van der Waals surface area contributed by atoms with E-state index in [1.165, 1.54) is 19.3 Å². The zero-order valence-electron chi connectivity index (χ0n) is 17.5. The maximum atomic E-state index is 13.2. The lowest BCUT2D eigenvalue weighted by atomic mass is 9.85. The number of hydrogen-bond donors (Lipinski definition) is 3. The Morgan fingerprint density at radius 3 is 2.34 bits per heavy atom. The summed E-state index contributed by atoms with van der Waals surface area (Å²) in [6.45, 7) is 0. The van der Waals surface area contributed by atoms with E-state index in [1.807, 2.05) is 54.6 Å². The Kier molecular flexibility index (Phi) is 5.42. The summed E-state index contributed by atoms with van der Waals surface area (Å²) in [5.74, 6) is 0.922. The van der Waals surface area contributed by atoms with Crippen LogP contribution in [0.4, 0.5) is 5.69 Å². The molecule has 1 aliphatic rings. The first-order chi connectivity index (χ1) is 15.7. The first kappa shape index (κ1) is 20.0. The van der Waals surface area contributed by atoms with Crippen molar-refractivity contribution in [2.24, 2.45) is 0 Å². The number of carbonyl (C=O) groups is 2. The fourth-order valence-electron chi connectivity index (χ4n) is 3.95. The quantitative estimate of drug-likeness (QED) is 0.410. The van der Waals surface area contributed by atoms with Gasteiger partial charge in [-0.15, -0.1) is 0 Å². The summed E-state index contributed by atoms with van der Waals surface area (Å²) < 4.78 is 0. The van der Waals surface area contributed by atoms with Crippen LogP contribution in [0.5, 0.6) is 0 Å². The van der Waals surface area contributed by atoms with Crippen LogP contribution >= 0.6 is 0 Å². The predicted molar refractivity (Wildman–Crippen MR) is 124 cm³/mol. The number of benzene rings is 3. The van der Waals surface area contributed by atoms with Gasteiger partial charge in [0.05, 0.1) is 11.0 Å². The summed E-state index contributed by atoms with van der Waals surface area (Å²) in [6, 6.07) is 22.9. The zero-order chi connectivity index (χ0) is 21.9. The molecule has 32 heavy (non-hydrogen) atoms. The Balaban J connectivity index is 1.38. The fraction of sp³-hybridized carbons (Fsp3) is 0.192. The third-order valence-corrected chi connectivity index (χ3v) is 5.97. The van der Waals surface area contributed by atoms with E-state index in [2.05, 4.69) is 20.6 Å². The third-order valence-electron chi connectivity index (χ3n) is 5.97. The Bertz CT molecular complexity index is 1250. The summed E-state index contributed by atoms with van der Waals surface area (Å²) in [4.78, 5) is 34.1. The highest BCUT2D eigenvalue weighted by molar-refractivity contribution is 6.02. The topological polar surface area (TPSA) is 86.9 Å². The van der Waals surface area contributed by atoms with E-state index < -0.39 is 6.04 Å². The molecular formula is C26H24N4O2. The number of imidazole rings is 1. The largest absolute Gasteiger partial charge is 0.342 e. The van der Waals surface area contributed by atoms with Gasteiger partial charge in [-0.25, -0.2) is 4.98 Å². The van der Waals surface area contributed by atoms with Crippen LogP contribution in [0.1, 0.15) is 53.0 Å². The minimum absolute atomic E-state index is 0.302.